The first kappa shape index (κ1) is 14.5. The number of unbranched alkanes of at least 4 members (excludes halogenated alkanes) is 1. The Kier molecular flexibility index (Phi) is 6.55. The fraction of sp³-hybridized carbons (Fsp3) is 0.538. The van der Waals surface area contributed by atoms with Gasteiger partial charge in [0.05, 0.1) is 11.6 Å². The van der Waals surface area contributed by atoms with Crippen LogP contribution in [0.2, 0.25) is 0 Å². The fourth-order valence-electron chi connectivity index (χ4n) is 1.66. The van der Waals surface area contributed by atoms with Crippen LogP contribution in [-0.2, 0) is 0 Å². The minimum Gasteiger partial charge on any atom is -0.496 e. The van der Waals surface area contributed by atoms with E-state index in [1.54, 1.807) is 7.11 Å². The van der Waals surface area contributed by atoms with Crippen LogP contribution < -0.4 is 15.8 Å². The maximum absolute atomic E-state index is 5.46. The van der Waals surface area contributed by atoms with Crippen LogP contribution in [0.3, 0.4) is 0 Å². The van der Waals surface area contributed by atoms with E-state index in [2.05, 4.69) is 40.3 Å². The minimum atomic E-state index is 0.343. The van der Waals surface area contributed by atoms with Crippen molar-refractivity contribution < 1.29 is 4.74 Å². The van der Waals surface area contributed by atoms with Crippen LogP contribution in [0.4, 0.5) is 0 Å². The second-order valence-corrected chi connectivity index (χ2v) is 4.92. The highest BCUT2D eigenvalue weighted by Gasteiger charge is 2.07. The number of hydrogen-bond acceptors (Lipinski definition) is 3. The van der Waals surface area contributed by atoms with Gasteiger partial charge < -0.3 is 15.8 Å². The predicted molar refractivity (Wildman–Crippen MR) is 75.4 cm³/mol. The summed E-state index contributed by atoms with van der Waals surface area (Å²) in [6.07, 6.45) is 2.20. The highest BCUT2D eigenvalue weighted by molar-refractivity contribution is 9.10. The van der Waals surface area contributed by atoms with Crippen LogP contribution in [0.5, 0.6) is 5.75 Å². The first-order valence-electron chi connectivity index (χ1n) is 5.96. The van der Waals surface area contributed by atoms with Gasteiger partial charge in [-0.2, -0.15) is 0 Å². The van der Waals surface area contributed by atoms with Crippen LogP contribution in [0.25, 0.3) is 0 Å². The third-order valence-electron chi connectivity index (χ3n) is 2.76. The molecule has 96 valence electrons. The quantitative estimate of drug-likeness (QED) is 0.761. The third kappa shape index (κ3) is 4.66. The Morgan fingerprint density at radius 2 is 2.18 bits per heavy atom. The Hall–Kier alpha value is -0.580. The number of nitrogens with one attached hydrogen (secondary N) is 1. The van der Waals surface area contributed by atoms with Gasteiger partial charge in [0.15, 0.2) is 0 Å². The van der Waals surface area contributed by atoms with Crippen molar-refractivity contribution in [3.63, 3.8) is 0 Å². The third-order valence-corrected chi connectivity index (χ3v) is 3.38. The lowest BCUT2D eigenvalue weighted by molar-refractivity contribution is 0.411. The first-order chi connectivity index (χ1) is 8.19. The number of methoxy groups -OCH3 is 1. The monoisotopic (exact) mass is 300 g/mol. The minimum absolute atomic E-state index is 0.343. The molecule has 0 aliphatic heterocycles. The molecule has 1 atom stereocenters. The summed E-state index contributed by atoms with van der Waals surface area (Å²) >= 11 is 3.50. The highest BCUT2D eigenvalue weighted by Crippen LogP contribution is 2.27. The molecule has 3 nitrogen and oxygen atoms in total. The van der Waals surface area contributed by atoms with Gasteiger partial charge in [-0.1, -0.05) is 6.07 Å². The molecule has 0 aliphatic carbocycles. The fourth-order valence-corrected chi connectivity index (χ4v) is 2.22. The molecule has 4 heteroatoms. The van der Waals surface area contributed by atoms with Gasteiger partial charge in [-0.3, -0.25) is 0 Å². The molecule has 3 N–H and O–H groups in total. The van der Waals surface area contributed by atoms with E-state index in [4.69, 9.17) is 10.5 Å². The summed E-state index contributed by atoms with van der Waals surface area (Å²) in [7, 11) is 1.67. The van der Waals surface area contributed by atoms with Crippen molar-refractivity contribution in [1.82, 2.24) is 5.32 Å². The van der Waals surface area contributed by atoms with Crippen molar-refractivity contribution in [1.29, 1.82) is 0 Å². The Balaban J connectivity index is 2.51. The van der Waals surface area contributed by atoms with E-state index >= 15 is 0 Å². The van der Waals surface area contributed by atoms with E-state index < -0.39 is 0 Å². The topological polar surface area (TPSA) is 47.3 Å². The van der Waals surface area contributed by atoms with Crippen molar-refractivity contribution >= 4 is 15.9 Å². The molecule has 1 aromatic rings. The van der Waals surface area contributed by atoms with Crippen LogP contribution >= 0.6 is 15.9 Å². The Labute approximate surface area is 112 Å². The zero-order valence-corrected chi connectivity index (χ0v) is 12.1. The zero-order valence-electron chi connectivity index (χ0n) is 10.5. The van der Waals surface area contributed by atoms with Crippen molar-refractivity contribution in [2.45, 2.75) is 25.8 Å². The molecular weight excluding hydrogens is 280 g/mol. The van der Waals surface area contributed by atoms with Gasteiger partial charge >= 0.3 is 0 Å². The molecule has 0 aromatic heterocycles. The van der Waals surface area contributed by atoms with Gasteiger partial charge in [-0.25, -0.2) is 0 Å². The van der Waals surface area contributed by atoms with E-state index in [1.807, 2.05) is 6.07 Å². The summed E-state index contributed by atoms with van der Waals surface area (Å²) in [5.41, 5.74) is 6.72. The van der Waals surface area contributed by atoms with E-state index in [-0.39, 0.29) is 0 Å². The summed E-state index contributed by atoms with van der Waals surface area (Å²) in [5.74, 6) is 0.865. The lowest BCUT2D eigenvalue weighted by Gasteiger charge is -2.15. The summed E-state index contributed by atoms with van der Waals surface area (Å²) < 4.78 is 6.21. The van der Waals surface area contributed by atoms with Crippen LogP contribution in [0, 0.1) is 0 Å². The molecule has 1 aromatic carbocycles. The molecule has 0 saturated carbocycles. The molecule has 17 heavy (non-hydrogen) atoms. The van der Waals surface area contributed by atoms with Gasteiger partial charge in [-0.15, -0.1) is 0 Å². The van der Waals surface area contributed by atoms with E-state index in [0.29, 0.717) is 6.04 Å². The number of halogens is 1. The number of rotatable bonds is 7. The predicted octanol–water partition coefficient (Wildman–Crippen LogP) is 2.85. The molecule has 0 radical (unpaired) electrons. The number of nitrogens with two attached hydrogens (primary N) is 1. The van der Waals surface area contributed by atoms with Crippen LogP contribution in [0.15, 0.2) is 22.7 Å². The van der Waals surface area contributed by atoms with Crippen molar-refractivity contribution in [2.75, 3.05) is 20.2 Å². The van der Waals surface area contributed by atoms with Gasteiger partial charge in [-0.05, 0) is 66.5 Å². The van der Waals surface area contributed by atoms with Crippen molar-refractivity contribution in [2.24, 2.45) is 5.73 Å². The normalized spacial score (nSPS) is 12.5. The highest BCUT2D eigenvalue weighted by atomic mass is 79.9. The van der Waals surface area contributed by atoms with Gasteiger partial charge in [0.2, 0.25) is 0 Å². The van der Waals surface area contributed by atoms with Gasteiger partial charge in [0, 0.05) is 6.04 Å². The molecule has 0 spiro atoms. The standard InChI is InChI=1S/C13H21BrN2O/c1-10(16-8-4-3-7-15)11-5-6-13(17-2)12(14)9-11/h5-6,9-10,16H,3-4,7-8,15H2,1-2H3. The number of benzene rings is 1. The molecule has 0 bridgehead atoms. The van der Waals surface area contributed by atoms with Crippen LogP contribution in [0.1, 0.15) is 31.4 Å². The Morgan fingerprint density at radius 1 is 1.41 bits per heavy atom. The maximum atomic E-state index is 5.46. The second kappa shape index (κ2) is 7.69. The SMILES string of the molecule is COc1ccc(C(C)NCCCCN)cc1Br. The number of ether oxygens (including phenoxy) is 1. The molecule has 1 unspecified atom stereocenters. The van der Waals surface area contributed by atoms with Gasteiger partial charge in [0.1, 0.15) is 5.75 Å². The molecule has 0 heterocycles. The van der Waals surface area contributed by atoms with E-state index in [0.717, 1.165) is 36.2 Å². The lowest BCUT2D eigenvalue weighted by Crippen LogP contribution is -2.20. The summed E-state index contributed by atoms with van der Waals surface area (Å²) in [5, 5.41) is 3.48. The molecule has 0 amide bonds. The van der Waals surface area contributed by atoms with Crippen LogP contribution in [-0.4, -0.2) is 20.2 Å². The maximum Gasteiger partial charge on any atom is 0.133 e. The molecular formula is C13H21BrN2O. The molecule has 0 fully saturated rings. The van der Waals surface area contributed by atoms with Crippen molar-refractivity contribution in [3.8, 4) is 5.75 Å². The molecule has 1 rings (SSSR count). The summed E-state index contributed by atoms with van der Waals surface area (Å²) in [6.45, 7) is 3.93. The largest absolute Gasteiger partial charge is 0.496 e. The smallest absolute Gasteiger partial charge is 0.133 e. The Bertz CT molecular complexity index is 344. The second-order valence-electron chi connectivity index (χ2n) is 4.07. The average Bonchev–Trinajstić information content (AvgIpc) is 2.34. The number of hydrogen-bond donors (Lipinski definition) is 2. The summed E-state index contributed by atoms with van der Waals surface area (Å²) in [4.78, 5) is 0. The molecule has 0 saturated heterocycles. The summed E-state index contributed by atoms with van der Waals surface area (Å²) in [6, 6.07) is 6.51. The lowest BCUT2D eigenvalue weighted by atomic mass is 10.1. The van der Waals surface area contributed by atoms with E-state index in [9.17, 15) is 0 Å². The van der Waals surface area contributed by atoms with E-state index in [1.165, 1.54) is 5.56 Å². The van der Waals surface area contributed by atoms with Crippen molar-refractivity contribution in [3.05, 3.63) is 28.2 Å². The molecule has 0 aliphatic rings. The average molecular weight is 301 g/mol. The van der Waals surface area contributed by atoms with Gasteiger partial charge in [0.25, 0.3) is 0 Å². The Morgan fingerprint density at radius 3 is 2.76 bits per heavy atom. The zero-order chi connectivity index (χ0) is 12.7. The first-order valence-corrected chi connectivity index (χ1v) is 6.75.